The number of aliphatic carboxylic acids is 1. The van der Waals surface area contributed by atoms with Crippen molar-refractivity contribution in [3.63, 3.8) is 0 Å². The quantitative estimate of drug-likeness (QED) is 0.745. The van der Waals surface area contributed by atoms with Crippen LogP contribution in [-0.4, -0.2) is 42.2 Å². The number of carboxylic acid groups (broad SMARTS) is 1. The molecule has 0 aromatic carbocycles. The summed E-state index contributed by atoms with van der Waals surface area (Å²) < 4.78 is 0. The molecule has 0 amide bonds. The molecule has 1 aromatic rings. The summed E-state index contributed by atoms with van der Waals surface area (Å²) in [5, 5.41) is 16.0. The highest BCUT2D eigenvalue weighted by Crippen LogP contribution is 2.16. The first-order chi connectivity index (χ1) is 8.19. The molecule has 0 fully saturated rings. The Morgan fingerprint density at radius 1 is 1.53 bits per heavy atom. The van der Waals surface area contributed by atoms with E-state index in [0.717, 1.165) is 25.2 Å². The second-order valence-electron chi connectivity index (χ2n) is 3.81. The lowest BCUT2D eigenvalue weighted by Gasteiger charge is -2.20. The third kappa shape index (κ3) is 4.46. The standard InChI is InChI=1S/C12H20N2O2S/c1-3-14(4-2)7-6-13-11(12(15)16)10-5-8-17-9-10/h5,8-9,11,13H,3-4,6-7H2,1-2H3,(H,15,16). The summed E-state index contributed by atoms with van der Waals surface area (Å²) in [5.74, 6) is -0.817. The minimum atomic E-state index is -0.817. The van der Waals surface area contributed by atoms with Crippen molar-refractivity contribution >= 4 is 17.3 Å². The summed E-state index contributed by atoms with van der Waals surface area (Å²) >= 11 is 1.52. The highest BCUT2D eigenvalue weighted by Gasteiger charge is 2.19. The van der Waals surface area contributed by atoms with Gasteiger partial charge in [-0.15, -0.1) is 0 Å². The van der Waals surface area contributed by atoms with Gasteiger partial charge in [0, 0.05) is 13.1 Å². The summed E-state index contributed by atoms with van der Waals surface area (Å²) in [6.45, 7) is 7.77. The zero-order chi connectivity index (χ0) is 12.7. The van der Waals surface area contributed by atoms with Gasteiger partial charge in [-0.05, 0) is 35.5 Å². The molecule has 1 aromatic heterocycles. The molecule has 0 saturated carbocycles. The fourth-order valence-corrected chi connectivity index (χ4v) is 2.38. The SMILES string of the molecule is CCN(CC)CCNC(C(=O)O)c1ccsc1. The number of hydrogen-bond donors (Lipinski definition) is 2. The van der Waals surface area contributed by atoms with Gasteiger partial charge in [0.1, 0.15) is 6.04 Å². The molecule has 1 rings (SSSR count). The predicted molar refractivity (Wildman–Crippen MR) is 70.5 cm³/mol. The molecule has 96 valence electrons. The van der Waals surface area contributed by atoms with Crippen LogP contribution in [0.5, 0.6) is 0 Å². The van der Waals surface area contributed by atoms with Crippen LogP contribution in [0.4, 0.5) is 0 Å². The number of nitrogens with zero attached hydrogens (tertiary/aromatic N) is 1. The molecule has 0 aliphatic heterocycles. The zero-order valence-corrected chi connectivity index (χ0v) is 11.2. The van der Waals surface area contributed by atoms with E-state index in [1.807, 2.05) is 16.8 Å². The Kier molecular flexibility index (Phi) is 6.18. The molecular formula is C12H20N2O2S. The van der Waals surface area contributed by atoms with E-state index in [9.17, 15) is 4.79 Å². The molecule has 1 unspecified atom stereocenters. The van der Waals surface area contributed by atoms with Gasteiger partial charge in [0.25, 0.3) is 0 Å². The van der Waals surface area contributed by atoms with Crippen molar-refractivity contribution in [3.8, 4) is 0 Å². The van der Waals surface area contributed by atoms with Crippen molar-refractivity contribution in [2.75, 3.05) is 26.2 Å². The first-order valence-electron chi connectivity index (χ1n) is 5.89. The maximum Gasteiger partial charge on any atom is 0.325 e. The summed E-state index contributed by atoms with van der Waals surface area (Å²) in [6.07, 6.45) is 0. The van der Waals surface area contributed by atoms with Gasteiger partial charge in [0.05, 0.1) is 0 Å². The summed E-state index contributed by atoms with van der Waals surface area (Å²) in [7, 11) is 0. The second-order valence-corrected chi connectivity index (χ2v) is 4.59. The van der Waals surface area contributed by atoms with Gasteiger partial charge >= 0.3 is 5.97 Å². The number of nitrogens with one attached hydrogen (secondary N) is 1. The van der Waals surface area contributed by atoms with Crippen molar-refractivity contribution in [1.29, 1.82) is 0 Å². The van der Waals surface area contributed by atoms with Crippen LogP contribution in [0.2, 0.25) is 0 Å². The van der Waals surface area contributed by atoms with Crippen LogP contribution in [-0.2, 0) is 4.79 Å². The molecule has 1 heterocycles. The molecule has 5 heteroatoms. The van der Waals surface area contributed by atoms with E-state index < -0.39 is 12.0 Å². The Morgan fingerprint density at radius 2 is 2.24 bits per heavy atom. The summed E-state index contributed by atoms with van der Waals surface area (Å²) in [4.78, 5) is 13.4. The molecule has 4 nitrogen and oxygen atoms in total. The predicted octanol–water partition coefficient (Wildman–Crippen LogP) is 1.81. The van der Waals surface area contributed by atoms with Crippen LogP contribution in [0.3, 0.4) is 0 Å². The molecule has 0 aliphatic rings. The van der Waals surface area contributed by atoms with E-state index >= 15 is 0 Å². The number of hydrogen-bond acceptors (Lipinski definition) is 4. The normalized spacial score (nSPS) is 12.9. The lowest BCUT2D eigenvalue weighted by Crippen LogP contribution is -2.36. The van der Waals surface area contributed by atoms with E-state index in [-0.39, 0.29) is 0 Å². The van der Waals surface area contributed by atoms with Crippen molar-refractivity contribution < 1.29 is 9.90 Å². The van der Waals surface area contributed by atoms with Crippen molar-refractivity contribution in [2.24, 2.45) is 0 Å². The fraction of sp³-hybridized carbons (Fsp3) is 0.583. The largest absolute Gasteiger partial charge is 0.480 e. The van der Waals surface area contributed by atoms with Crippen LogP contribution >= 0.6 is 11.3 Å². The van der Waals surface area contributed by atoms with E-state index in [4.69, 9.17) is 5.11 Å². The Balaban J connectivity index is 2.44. The Hall–Kier alpha value is -0.910. The maximum absolute atomic E-state index is 11.1. The van der Waals surface area contributed by atoms with Crippen LogP contribution in [0.1, 0.15) is 25.5 Å². The average Bonchev–Trinajstić information content (AvgIpc) is 2.82. The van der Waals surface area contributed by atoms with Crippen molar-refractivity contribution in [3.05, 3.63) is 22.4 Å². The van der Waals surface area contributed by atoms with E-state index in [1.165, 1.54) is 11.3 Å². The van der Waals surface area contributed by atoms with Crippen LogP contribution in [0.25, 0.3) is 0 Å². The van der Waals surface area contributed by atoms with Crippen LogP contribution in [0, 0.1) is 0 Å². The molecule has 0 spiro atoms. The number of carbonyl (C=O) groups is 1. The Bertz CT molecular complexity index is 323. The third-order valence-corrected chi connectivity index (χ3v) is 3.50. The zero-order valence-electron chi connectivity index (χ0n) is 10.3. The molecule has 0 aliphatic carbocycles. The number of carboxylic acids is 1. The lowest BCUT2D eigenvalue weighted by atomic mass is 10.1. The molecular weight excluding hydrogens is 236 g/mol. The Morgan fingerprint density at radius 3 is 2.71 bits per heavy atom. The fourth-order valence-electron chi connectivity index (χ4n) is 1.69. The Labute approximate surface area is 106 Å². The molecule has 0 radical (unpaired) electrons. The first-order valence-corrected chi connectivity index (χ1v) is 6.84. The van der Waals surface area contributed by atoms with Crippen molar-refractivity contribution in [1.82, 2.24) is 10.2 Å². The van der Waals surface area contributed by atoms with E-state index in [1.54, 1.807) is 0 Å². The van der Waals surface area contributed by atoms with Crippen LogP contribution in [0.15, 0.2) is 16.8 Å². The number of rotatable bonds is 8. The van der Waals surface area contributed by atoms with Crippen LogP contribution < -0.4 is 5.32 Å². The topological polar surface area (TPSA) is 52.6 Å². The molecule has 1 atom stereocenters. The third-order valence-electron chi connectivity index (χ3n) is 2.79. The van der Waals surface area contributed by atoms with Gasteiger partial charge in [-0.2, -0.15) is 11.3 Å². The molecule has 2 N–H and O–H groups in total. The van der Waals surface area contributed by atoms with Gasteiger partial charge in [0.2, 0.25) is 0 Å². The van der Waals surface area contributed by atoms with Gasteiger partial charge in [0.15, 0.2) is 0 Å². The summed E-state index contributed by atoms with van der Waals surface area (Å²) in [5.41, 5.74) is 0.835. The average molecular weight is 256 g/mol. The summed E-state index contributed by atoms with van der Waals surface area (Å²) in [6, 6.07) is 1.27. The number of thiophene rings is 1. The first kappa shape index (κ1) is 14.2. The monoisotopic (exact) mass is 256 g/mol. The smallest absolute Gasteiger partial charge is 0.325 e. The van der Waals surface area contributed by atoms with Crippen molar-refractivity contribution in [2.45, 2.75) is 19.9 Å². The van der Waals surface area contributed by atoms with Gasteiger partial charge in [-0.1, -0.05) is 13.8 Å². The van der Waals surface area contributed by atoms with Gasteiger partial charge in [-0.25, -0.2) is 0 Å². The second kappa shape index (κ2) is 7.42. The minimum Gasteiger partial charge on any atom is -0.480 e. The maximum atomic E-state index is 11.1. The minimum absolute atomic E-state index is 0.586. The number of likely N-dealkylation sites (N-methyl/N-ethyl adjacent to an activating group) is 1. The highest BCUT2D eigenvalue weighted by molar-refractivity contribution is 7.08. The molecule has 0 bridgehead atoms. The molecule has 0 saturated heterocycles. The lowest BCUT2D eigenvalue weighted by molar-refractivity contribution is -0.139. The van der Waals surface area contributed by atoms with Gasteiger partial charge in [-0.3, -0.25) is 10.1 Å². The molecule has 17 heavy (non-hydrogen) atoms. The van der Waals surface area contributed by atoms with E-state index in [2.05, 4.69) is 24.1 Å². The highest BCUT2D eigenvalue weighted by atomic mass is 32.1. The van der Waals surface area contributed by atoms with E-state index in [0.29, 0.717) is 6.54 Å². The van der Waals surface area contributed by atoms with Gasteiger partial charge < -0.3 is 10.0 Å².